The lowest BCUT2D eigenvalue weighted by Gasteiger charge is -2.24. The van der Waals surface area contributed by atoms with Gasteiger partial charge < -0.3 is 20.1 Å². The Morgan fingerprint density at radius 3 is 2.56 bits per heavy atom. The van der Waals surface area contributed by atoms with Crippen LogP contribution in [0.3, 0.4) is 0 Å². The zero-order chi connectivity index (χ0) is 24.1. The summed E-state index contributed by atoms with van der Waals surface area (Å²) in [4.78, 5) is 39.2. The molecule has 4 rings (SSSR count). The molecule has 0 saturated heterocycles. The van der Waals surface area contributed by atoms with Gasteiger partial charge in [0.25, 0.3) is 5.91 Å². The maximum absolute atomic E-state index is 13.1. The van der Waals surface area contributed by atoms with Gasteiger partial charge in [-0.2, -0.15) is 0 Å². The molecule has 34 heavy (non-hydrogen) atoms. The Morgan fingerprint density at radius 1 is 1.09 bits per heavy atom. The summed E-state index contributed by atoms with van der Waals surface area (Å²) in [5.41, 5.74) is 1.63. The molecule has 7 nitrogen and oxygen atoms in total. The highest BCUT2D eigenvalue weighted by Gasteiger charge is 2.32. The number of ether oxygens (including phenoxy) is 2. The molecule has 2 N–H and O–H groups in total. The zero-order valence-electron chi connectivity index (χ0n) is 18.1. The Bertz CT molecular complexity index is 1220. The van der Waals surface area contributed by atoms with Crippen molar-refractivity contribution in [1.29, 1.82) is 0 Å². The summed E-state index contributed by atoms with van der Waals surface area (Å²) in [7, 11) is 1.49. The Morgan fingerprint density at radius 2 is 1.82 bits per heavy atom. The maximum Gasteiger partial charge on any atom is 0.308 e. The second kappa shape index (κ2) is 10.6. The second-order valence-electron chi connectivity index (χ2n) is 7.42. The highest BCUT2D eigenvalue weighted by atomic mass is 35.5. The van der Waals surface area contributed by atoms with Crippen molar-refractivity contribution in [3.8, 4) is 5.75 Å². The number of amides is 2. The summed E-state index contributed by atoms with van der Waals surface area (Å²) in [5.74, 6) is -1.03. The maximum atomic E-state index is 13.1. The fraction of sp³-hybridized carbons (Fsp3) is 0.160. The van der Waals surface area contributed by atoms with Gasteiger partial charge in [0.2, 0.25) is 12.0 Å². The second-order valence-corrected chi connectivity index (χ2v) is 9.07. The van der Waals surface area contributed by atoms with E-state index in [0.717, 1.165) is 4.90 Å². The minimum Gasteiger partial charge on any atom is -0.495 e. The van der Waals surface area contributed by atoms with Gasteiger partial charge in [-0.15, -0.1) is 11.8 Å². The van der Waals surface area contributed by atoms with Crippen LogP contribution in [0.4, 0.5) is 11.4 Å². The van der Waals surface area contributed by atoms with Crippen LogP contribution in [0.2, 0.25) is 5.02 Å². The van der Waals surface area contributed by atoms with Gasteiger partial charge in [-0.05, 0) is 30.3 Å². The number of rotatable bonds is 7. The van der Waals surface area contributed by atoms with Crippen molar-refractivity contribution in [3.05, 3.63) is 83.4 Å². The molecule has 3 aromatic carbocycles. The summed E-state index contributed by atoms with van der Waals surface area (Å²) < 4.78 is 10.7. The lowest BCUT2D eigenvalue weighted by atomic mass is 10.1. The van der Waals surface area contributed by atoms with Crippen molar-refractivity contribution in [3.63, 3.8) is 0 Å². The largest absolute Gasteiger partial charge is 0.495 e. The number of para-hydroxylation sites is 1. The average molecular weight is 497 g/mol. The zero-order valence-corrected chi connectivity index (χ0v) is 19.7. The number of hydrogen-bond acceptors (Lipinski definition) is 6. The van der Waals surface area contributed by atoms with E-state index < -0.39 is 23.2 Å². The van der Waals surface area contributed by atoms with Crippen LogP contribution in [0.25, 0.3) is 0 Å². The minimum atomic E-state index is -1.21. The van der Waals surface area contributed by atoms with Crippen LogP contribution in [0.15, 0.2) is 77.7 Å². The summed E-state index contributed by atoms with van der Waals surface area (Å²) in [6, 6.07) is 20.8. The number of methoxy groups -OCH3 is 1. The van der Waals surface area contributed by atoms with Gasteiger partial charge in [-0.1, -0.05) is 54.1 Å². The van der Waals surface area contributed by atoms with Gasteiger partial charge in [-0.25, -0.2) is 0 Å². The van der Waals surface area contributed by atoms with Crippen molar-refractivity contribution >= 4 is 52.5 Å². The molecule has 2 amide bonds. The standard InChI is InChI=1S/C25H21ClN2O5S/c1-32-19-12-11-16(13-17(19)26)27-25(31)23(15-7-3-2-4-8-15)33-22(29)14-21-24(30)28-18-9-5-6-10-20(18)34-21/h2-13,21,23H,14H2,1H3,(H,27,31)(H,28,30)/t21-,23+/m1/s1. The minimum absolute atomic E-state index is 0.185. The predicted octanol–water partition coefficient (Wildman–Crippen LogP) is 5.07. The van der Waals surface area contributed by atoms with E-state index >= 15 is 0 Å². The number of nitrogens with one attached hydrogen (secondary N) is 2. The molecule has 0 spiro atoms. The van der Waals surface area contributed by atoms with Gasteiger partial charge >= 0.3 is 5.97 Å². The van der Waals surface area contributed by atoms with E-state index in [0.29, 0.717) is 27.7 Å². The number of hydrogen-bond donors (Lipinski definition) is 2. The van der Waals surface area contributed by atoms with Gasteiger partial charge in [0.05, 0.1) is 29.5 Å². The first-order valence-electron chi connectivity index (χ1n) is 10.4. The van der Waals surface area contributed by atoms with E-state index in [-0.39, 0.29) is 12.3 Å². The first-order chi connectivity index (χ1) is 16.4. The fourth-order valence-corrected chi connectivity index (χ4v) is 4.76. The smallest absolute Gasteiger partial charge is 0.308 e. The number of halogens is 1. The van der Waals surface area contributed by atoms with Crippen molar-refractivity contribution < 1.29 is 23.9 Å². The van der Waals surface area contributed by atoms with Gasteiger partial charge in [0.1, 0.15) is 5.75 Å². The van der Waals surface area contributed by atoms with Crippen LogP contribution in [-0.2, 0) is 19.1 Å². The third kappa shape index (κ3) is 5.52. The van der Waals surface area contributed by atoms with Crippen LogP contribution in [0, 0.1) is 0 Å². The normalized spacial score (nSPS) is 15.5. The molecule has 1 heterocycles. The average Bonchev–Trinajstić information content (AvgIpc) is 2.83. The number of esters is 1. The highest BCUT2D eigenvalue weighted by Crippen LogP contribution is 2.37. The molecule has 0 radical (unpaired) electrons. The van der Waals surface area contributed by atoms with E-state index in [4.69, 9.17) is 21.1 Å². The lowest BCUT2D eigenvalue weighted by molar-refractivity contribution is -0.155. The number of anilines is 2. The molecule has 0 unspecified atom stereocenters. The van der Waals surface area contributed by atoms with Crippen LogP contribution < -0.4 is 15.4 Å². The molecule has 1 aliphatic heterocycles. The molecular weight excluding hydrogens is 476 g/mol. The summed E-state index contributed by atoms with van der Waals surface area (Å²) in [6.07, 6.45) is -1.39. The Balaban J connectivity index is 1.48. The quantitative estimate of drug-likeness (QED) is 0.443. The monoisotopic (exact) mass is 496 g/mol. The van der Waals surface area contributed by atoms with E-state index in [1.54, 1.807) is 54.6 Å². The van der Waals surface area contributed by atoms with Crippen molar-refractivity contribution in [2.45, 2.75) is 22.7 Å². The van der Waals surface area contributed by atoms with E-state index in [2.05, 4.69) is 10.6 Å². The lowest BCUT2D eigenvalue weighted by Crippen LogP contribution is -2.33. The topological polar surface area (TPSA) is 93.7 Å². The van der Waals surface area contributed by atoms with Crippen LogP contribution in [0.1, 0.15) is 18.1 Å². The summed E-state index contributed by atoms with van der Waals surface area (Å²) >= 11 is 7.44. The molecule has 0 aromatic heterocycles. The molecule has 1 aliphatic rings. The Labute approximate surface area is 205 Å². The Kier molecular flexibility index (Phi) is 7.40. The van der Waals surface area contributed by atoms with E-state index in [9.17, 15) is 14.4 Å². The molecule has 0 aliphatic carbocycles. The summed E-state index contributed by atoms with van der Waals surface area (Å²) in [6.45, 7) is 0. The number of thioether (sulfide) groups is 1. The Hall–Kier alpha value is -3.49. The van der Waals surface area contributed by atoms with Crippen molar-refractivity contribution in [2.24, 2.45) is 0 Å². The first-order valence-corrected chi connectivity index (χ1v) is 11.7. The fourth-order valence-electron chi connectivity index (χ4n) is 3.41. The predicted molar refractivity (Wildman–Crippen MR) is 131 cm³/mol. The molecule has 0 saturated carbocycles. The molecule has 9 heteroatoms. The molecule has 2 atom stereocenters. The van der Waals surface area contributed by atoms with Crippen LogP contribution >= 0.6 is 23.4 Å². The first kappa shape index (κ1) is 23.7. The van der Waals surface area contributed by atoms with Gasteiger partial charge in [0, 0.05) is 16.1 Å². The number of fused-ring (bicyclic) bond motifs is 1. The van der Waals surface area contributed by atoms with E-state index in [1.807, 2.05) is 18.2 Å². The number of carbonyl (C=O) groups excluding carboxylic acids is 3. The third-order valence-corrected chi connectivity index (χ3v) is 6.64. The SMILES string of the molecule is COc1ccc(NC(=O)[C@@H](OC(=O)C[C@H]2Sc3ccccc3NC2=O)c2ccccc2)cc1Cl. The highest BCUT2D eigenvalue weighted by molar-refractivity contribution is 8.01. The third-order valence-electron chi connectivity index (χ3n) is 5.07. The van der Waals surface area contributed by atoms with Crippen molar-refractivity contribution in [1.82, 2.24) is 0 Å². The van der Waals surface area contributed by atoms with E-state index in [1.165, 1.54) is 18.9 Å². The molecule has 174 valence electrons. The molecular formula is C25H21ClN2O5S. The van der Waals surface area contributed by atoms with Crippen LogP contribution in [-0.4, -0.2) is 30.1 Å². The van der Waals surface area contributed by atoms with Gasteiger partial charge in [-0.3, -0.25) is 14.4 Å². The number of benzene rings is 3. The molecule has 3 aromatic rings. The number of carbonyl (C=O) groups is 3. The summed E-state index contributed by atoms with van der Waals surface area (Å²) in [5, 5.41) is 5.19. The van der Waals surface area contributed by atoms with Crippen molar-refractivity contribution in [2.75, 3.05) is 17.7 Å². The van der Waals surface area contributed by atoms with Crippen LogP contribution in [0.5, 0.6) is 5.75 Å². The molecule has 0 bridgehead atoms. The molecule has 0 fully saturated rings. The van der Waals surface area contributed by atoms with Gasteiger partial charge in [0.15, 0.2) is 0 Å².